The van der Waals surface area contributed by atoms with Crippen LogP contribution < -0.4 is 11.1 Å². The Morgan fingerprint density at radius 3 is 2.00 bits per heavy atom. The molecule has 0 amide bonds. The fourth-order valence-corrected chi connectivity index (χ4v) is 1.27. The Bertz CT molecular complexity index is 269. The number of amidine groups is 1. The van der Waals surface area contributed by atoms with Gasteiger partial charge in [0.1, 0.15) is 0 Å². The summed E-state index contributed by atoms with van der Waals surface area (Å²) in [4.78, 5) is 0. The van der Waals surface area contributed by atoms with Gasteiger partial charge >= 0.3 is 0 Å². The molecule has 0 aromatic heterocycles. The number of nitrogens with two attached hydrogens (primary N) is 2. The molecule has 1 rings (SSSR count). The molecule has 0 heterocycles. The first-order valence-corrected chi connectivity index (χ1v) is 3.57. The molecule has 0 aliphatic carbocycles. The first kappa shape index (κ1) is 7.79. The van der Waals surface area contributed by atoms with E-state index in [1.54, 1.807) is 0 Å². The maximum Gasteiger partial charge on any atom is 0.271 e. The third-order valence-electron chi connectivity index (χ3n) is 1.77. The van der Waals surface area contributed by atoms with E-state index in [1.165, 1.54) is 0 Å². The van der Waals surface area contributed by atoms with Crippen LogP contribution in [-0.2, 0) is 0 Å². The molecular formula is C9H13N2+. The summed E-state index contributed by atoms with van der Waals surface area (Å²) >= 11 is 0. The molecule has 0 saturated heterocycles. The Balaban J connectivity index is 3.32. The van der Waals surface area contributed by atoms with Crippen LogP contribution in [0.4, 0.5) is 0 Å². The van der Waals surface area contributed by atoms with Crippen molar-refractivity contribution in [2.24, 2.45) is 5.73 Å². The summed E-state index contributed by atoms with van der Waals surface area (Å²) in [7, 11) is 0. The van der Waals surface area contributed by atoms with E-state index in [2.05, 4.69) is 0 Å². The highest BCUT2D eigenvalue weighted by molar-refractivity contribution is 5.95. The van der Waals surface area contributed by atoms with Crippen molar-refractivity contribution in [3.05, 3.63) is 34.9 Å². The highest BCUT2D eigenvalue weighted by Gasteiger charge is 2.07. The van der Waals surface area contributed by atoms with Gasteiger partial charge in [-0.2, -0.15) is 0 Å². The fourth-order valence-electron chi connectivity index (χ4n) is 1.27. The summed E-state index contributed by atoms with van der Waals surface area (Å²) in [5, 5.41) is 5.51. The molecule has 0 spiro atoms. The van der Waals surface area contributed by atoms with Gasteiger partial charge in [-0.25, -0.2) is 0 Å². The van der Waals surface area contributed by atoms with Gasteiger partial charge in [-0.05, 0) is 25.0 Å². The standard InChI is InChI=1S/C9H12N2/c1-6-4-3-5-7(2)8(6)9(10)11/h3-5H,1-2H3,(H3,10,11)/p+1. The summed E-state index contributed by atoms with van der Waals surface area (Å²) in [5.41, 5.74) is 8.75. The average Bonchev–Trinajstić information content (AvgIpc) is 1.85. The molecule has 0 unspecified atom stereocenters. The molecule has 58 valence electrons. The van der Waals surface area contributed by atoms with Gasteiger partial charge in [0.05, 0.1) is 5.56 Å². The monoisotopic (exact) mass is 149 g/mol. The SMILES string of the molecule is Cc1cccc(C)c1C(N)=[NH2+]. The lowest BCUT2D eigenvalue weighted by molar-refractivity contribution is -0.114. The molecule has 0 bridgehead atoms. The molecule has 4 N–H and O–H groups in total. The quantitative estimate of drug-likeness (QED) is 0.420. The molecule has 0 aliphatic heterocycles. The smallest absolute Gasteiger partial charge is 0.271 e. The molecule has 0 aliphatic rings. The summed E-state index contributed by atoms with van der Waals surface area (Å²) < 4.78 is 0. The maximum atomic E-state index is 5.51. The van der Waals surface area contributed by atoms with Gasteiger partial charge in [0.25, 0.3) is 5.84 Å². The van der Waals surface area contributed by atoms with Gasteiger partial charge in [0.15, 0.2) is 0 Å². The van der Waals surface area contributed by atoms with E-state index in [0.29, 0.717) is 5.84 Å². The van der Waals surface area contributed by atoms with Crippen molar-refractivity contribution in [2.75, 3.05) is 0 Å². The number of benzene rings is 1. The molecule has 0 fully saturated rings. The van der Waals surface area contributed by atoms with Crippen LogP contribution in [0.2, 0.25) is 0 Å². The van der Waals surface area contributed by atoms with E-state index >= 15 is 0 Å². The summed E-state index contributed by atoms with van der Waals surface area (Å²) in [5.74, 6) is 0.403. The summed E-state index contributed by atoms with van der Waals surface area (Å²) in [6.07, 6.45) is 0. The Labute approximate surface area is 66.6 Å². The molecular weight excluding hydrogens is 136 g/mol. The van der Waals surface area contributed by atoms with Crippen LogP contribution in [-0.4, -0.2) is 5.84 Å². The Morgan fingerprint density at radius 1 is 1.27 bits per heavy atom. The van der Waals surface area contributed by atoms with Gasteiger partial charge < -0.3 is 0 Å². The lowest BCUT2D eigenvalue weighted by Crippen LogP contribution is -2.46. The predicted molar refractivity (Wildman–Crippen MR) is 46.1 cm³/mol. The van der Waals surface area contributed by atoms with E-state index < -0.39 is 0 Å². The van der Waals surface area contributed by atoms with E-state index in [9.17, 15) is 0 Å². The van der Waals surface area contributed by atoms with E-state index in [0.717, 1.165) is 16.7 Å². The zero-order chi connectivity index (χ0) is 8.43. The molecule has 1 aromatic rings. The average molecular weight is 149 g/mol. The molecule has 1 aromatic carbocycles. The van der Waals surface area contributed by atoms with E-state index in [1.807, 2.05) is 32.0 Å². The van der Waals surface area contributed by atoms with E-state index in [4.69, 9.17) is 11.1 Å². The molecule has 0 radical (unpaired) electrons. The van der Waals surface area contributed by atoms with Gasteiger partial charge in [0.2, 0.25) is 0 Å². The number of hydrogen-bond donors (Lipinski definition) is 2. The van der Waals surface area contributed by atoms with Gasteiger partial charge in [0, 0.05) is 0 Å². The van der Waals surface area contributed by atoms with Crippen molar-refractivity contribution < 1.29 is 5.41 Å². The Kier molecular flexibility index (Phi) is 1.94. The van der Waals surface area contributed by atoms with Gasteiger partial charge in [-0.15, -0.1) is 0 Å². The Morgan fingerprint density at radius 2 is 1.73 bits per heavy atom. The first-order chi connectivity index (χ1) is 5.13. The van der Waals surface area contributed by atoms with Crippen LogP contribution in [0, 0.1) is 13.8 Å². The second-order valence-electron chi connectivity index (χ2n) is 2.72. The second kappa shape index (κ2) is 2.74. The minimum atomic E-state index is 0.403. The van der Waals surface area contributed by atoms with Crippen molar-refractivity contribution in [1.29, 1.82) is 0 Å². The summed E-state index contributed by atoms with van der Waals surface area (Å²) in [6, 6.07) is 6.00. The van der Waals surface area contributed by atoms with Crippen molar-refractivity contribution in [1.82, 2.24) is 0 Å². The van der Waals surface area contributed by atoms with Crippen molar-refractivity contribution in [3.8, 4) is 0 Å². The van der Waals surface area contributed by atoms with Crippen LogP contribution >= 0.6 is 0 Å². The molecule has 0 atom stereocenters. The van der Waals surface area contributed by atoms with Gasteiger partial charge in [-0.3, -0.25) is 11.1 Å². The first-order valence-electron chi connectivity index (χ1n) is 3.57. The molecule has 2 heteroatoms. The normalized spacial score (nSPS) is 9.64. The zero-order valence-corrected chi connectivity index (χ0v) is 6.89. The topological polar surface area (TPSA) is 51.6 Å². The van der Waals surface area contributed by atoms with Gasteiger partial charge in [-0.1, -0.05) is 18.2 Å². The second-order valence-corrected chi connectivity index (χ2v) is 2.72. The largest absolute Gasteiger partial charge is 0.287 e. The fraction of sp³-hybridized carbons (Fsp3) is 0.222. The maximum absolute atomic E-state index is 5.51. The third kappa shape index (κ3) is 1.40. The minimum Gasteiger partial charge on any atom is -0.287 e. The van der Waals surface area contributed by atoms with Crippen LogP contribution in [0.15, 0.2) is 18.2 Å². The van der Waals surface area contributed by atoms with Crippen LogP contribution in [0.25, 0.3) is 0 Å². The number of hydrogen-bond acceptors (Lipinski definition) is 0. The van der Waals surface area contributed by atoms with Crippen LogP contribution in [0.1, 0.15) is 16.7 Å². The van der Waals surface area contributed by atoms with E-state index in [-0.39, 0.29) is 0 Å². The highest BCUT2D eigenvalue weighted by Crippen LogP contribution is 2.10. The lowest BCUT2D eigenvalue weighted by atomic mass is 10.0. The molecule has 2 nitrogen and oxygen atoms in total. The van der Waals surface area contributed by atoms with Crippen LogP contribution in [0.3, 0.4) is 0 Å². The third-order valence-corrected chi connectivity index (χ3v) is 1.77. The van der Waals surface area contributed by atoms with Crippen molar-refractivity contribution >= 4 is 5.84 Å². The highest BCUT2D eigenvalue weighted by atomic mass is 14.7. The molecule has 11 heavy (non-hydrogen) atoms. The van der Waals surface area contributed by atoms with Crippen molar-refractivity contribution in [2.45, 2.75) is 13.8 Å². The zero-order valence-electron chi connectivity index (χ0n) is 6.89. The summed E-state index contributed by atoms with van der Waals surface area (Å²) in [6.45, 7) is 4.00. The van der Waals surface area contributed by atoms with Crippen molar-refractivity contribution in [3.63, 3.8) is 0 Å². The Hall–Kier alpha value is -1.31. The number of rotatable bonds is 1. The minimum absolute atomic E-state index is 0.403. The number of aryl methyl sites for hydroxylation is 2. The lowest BCUT2D eigenvalue weighted by Gasteiger charge is -2.02. The molecule has 0 saturated carbocycles. The van der Waals surface area contributed by atoms with Crippen LogP contribution in [0.5, 0.6) is 0 Å². The predicted octanol–water partition coefficient (Wildman–Crippen LogP) is -0.232.